The molecule has 3 aliphatic heterocycles. The van der Waals surface area contributed by atoms with Crippen LogP contribution in [0, 0.1) is 0 Å². The molecular formula is C25H28N2O5S. The van der Waals surface area contributed by atoms with E-state index in [1.807, 2.05) is 41.3 Å². The third kappa shape index (κ3) is 4.50. The lowest BCUT2D eigenvalue weighted by Crippen LogP contribution is -2.48. The summed E-state index contributed by atoms with van der Waals surface area (Å²) in [4.78, 5) is 14.7. The third-order valence-electron chi connectivity index (χ3n) is 6.47. The SMILES string of the molecule is O=C(C1COc2cc(S(=O)(=O)N3CC=C(c4ccccc4)CC3)ccc2O1)N1CCCCC1. The summed E-state index contributed by atoms with van der Waals surface area (Å²) < 4.78 is 39.6. The number of hydrogen-bond donors (Lipinski definition) is 0. The van der Waals surface area contributed by atoms with Crippen LogP contribution in [0.5, 0.6) is 11.5 Å². The van der Waals surface area contributed by atoms with E-state index in [0.29, 0.717) is 31.0 Å². The molecule has 3 aliphatic rings. The Labute approximate surface area is 194 Å². The van der Waals surface area contributed by atoms with Crippen LogP contribution in [0.2, 0.25) is 0 Å². The Balaban J connectivity index is 1.28. The zero-order valence-electron chi connectivity index (χ0n) is 18.5. The van der Waals surface area contributed by atoms with E-state index in [9.17, 15) is 13.2 Å². The quantitative estimate of drug-likeness (QED) is 0.688. The van der Waals surface area contributed by atoms with Gasteiger partial charge in [0.15, 0.2) is 11.5 Å². The van der Waals surface area contributed by atoms with Crippen LogP contribution >= 0.6 is 0 Å². The van der Waals surface area contributed by atoms with Gasteiger partial charge in [-0.2, -0.15) is 4.31 Å². The number of ether oxygens (including phenoxy) is 2. The highest BCUT2D eigenvalue weighted by Crippen LogP contribution is 2.36. The van der Waals surface area contributed by atoms with E-state index in [0.717, 1.165) is 43.5 Å². The highest BCUT2D eigenvalue weighted by atomic mass is 32.2. The van der Waals surface area contributed by atoms with Gasteiger partial charge in [-0.25, -0.2) is 8.42 Å². The molecule has 8 heteroatoms. The summed E-state index contributed by atoms with van der Waals surface area (Å²) in [5, 5.41) is 0. The first-order valence-corrected chi connectivity index (χ1v) is 12.9. The molecule has 0 radical (unpaired) electrons. The second-order valence-corrected chi connectivity index (χ2v) is 10.6. The molecule has 1 saturated heterocycles. The smallest absolute Gasteiger partial charge is 0.267 e. The molecule has 7 nitrogen and oxygen atoms in total. The van der Waals surface area contributed by atoms with Gasteiger partial charge in [-0.05, 0) is 49.0 Å². The van der Waals surface area contributed by atoms with Crippen LogP contribution in [-0.2, 0) is 14.8 Å². The number of hydrogen-bond acceptors (Lipinski definition) is 5. The maximum Gasteiger partial charge on any atom is 0.267 e. The van der Waals surface area contributed by atoms with Crippen LogP contribution in [-0.4, -0.2) is 62.4 Å². The van der Waals surface area contributed by atoms with Gasteiger partial charge in [0.2, 0.25) is 16.1 Å². The van der Waals surface area contributed by atoms with Crippen molar-refractivity contribution in [2.24, 2.45) is 0 Å². The fraction of sp³-hybridized carbons (Fsp3) is 0.400. The minimum Gasteiger partial charge on any atom is -0.485 e. The Morgan fingerprint density at radius 3 is 2.45 bits per heavy atom. The summed E-state index contributed by atoms with van der Waals surface area (Å²) in [6.07, 6.45) is 5.11. The maximum absolute atomic E-state index is 13.2. The van der Waals surface area contributed by atoms with Gasteiger partial charge in [-0.1, -0.05) is 36.4 Å². The van der Waals surface area contributed by atoms with Crippen molar-refractivity contribution in [3.05, 3.63) is 60.2 Å². The molecule has 0 N–H and O–H groups in total. The van der Waals surface area contributed by atoms with Gasteiger partial charge in [-0.15, -0.1) is 0 Å². The third-order valence-corrected chi connectivity index (χ3v) is 8.33. The predicted molar refractivity (Wildman–Crippen MR) is 125 cm³/mol. The Bertz CT molecular complexity index is 1160. The van der Waals surface area contributed by atoms with E-state index in [4.69, 9.17) is 9.47 Å². The van der Waals surface area contributed by atoms with Gasteiger partial charge in [0.05, 0.1) is 4.90 Å². The van der Waals surface area contributed by atoms with E-state index in [1.165, 1.54) is 16.4 Å². The Morgan fingerprint density at radius 2 is 1.73 bits per heavy atom. The van der Waals surface area contributed by atoms with Crippen LogP contribution in [0.1, 0.15) is 31.2 Å². The number of amides is 1. The molecule has 1 fully saturated rings. The molecule has 1 atom stereocenters. The second kappa shape index (κ2) is 9.19. The van der Waals surface area contributed by atoms with Gasteiger partial charge in [0.1, 0.15) is 6.61 Å². The highest BCUT2D eigenvalue weighted by Gasteiger charge is 2.33. The van der Waals surface area contributed by atoms with Crippen molar-refractivity contribution in [1.29, 1.82) is 0 Å². The Morgan fingerprint density at radius 1 is 0.939 bits per heavy atom. The lowest BCUT2D eigenvalue weighted by atomic mass is 10.0. The molecule has 2 aromatic rings. The highest BCUT2D eigenvalue weighted by molar-refractivity contribution is 7.89. The largest absolute Gasteiger partial charge is 0.485 e. The van der Waals surface area contributed by atoms with Crippen molar-refractivity contribution in [3.63, 3.8) is 0 Å². The summed E-state index contributed by atoms with van der Waals surface area (Å²) in [6.45, 7) is 2.33. The fourth-order valence-electron chi connectivity index (χ4n) is 4.58. The Kier molecular flexibility index (Phi) is 6.12. The van der Waals surface area contributed by atoms with E-state index >= 15 is 0 Å². The molecule has 33 heavy (non-hydrogen) atoms. The van der Waals surface area contributed by atoms with E-state index in [-0.39, 0.29) is 17.4 Å². The topological polar surface area (TPSA) is 76.2 Å². The van der Waals surface area contributed by atoms with E-state index in [1.54, 1.807) is 6.07 Å². The molecule has 0 spiro atoms. The van der Waals surface area contributed by atoms with Gasteiger partial charge >= 0.3 is 0 Å². The summed E-state index contributed by atoms with van der Waals surface area (Å²) in [5.41, 5.74) is 2.29. The van der Waals surface area contributed by atoms with Crippen LogP contribution < -0.4 is 9.47 Å². The van der Waals surface area contributed by atoms with Crippen LogP contribution in [0.15, 0.2) is 59.5 Å². The van der Waals surface area contributed by atoms with Crippen molar-refractivity contribution in [3.8, 4) is 11.5 Å². The zero-order chi connectivity index (χ0) is 22.8. The molecule has 3 heterocycles. The van der Waals surface area contributed by atoms with Crippen molar-refractivity contribution in [1.82, 2.24) is 9.21 Å². The minimum absolute atomic E-state index is 0.0635. The van der Waals surface area contributed by atoms with Gasteiger partial charge in [0.25, 0.3) is 5.91 Å². The summed E-state index contributed by atoms with van der Waals surface area (Å²) >= 11 is 0. The molecule has 174 valence electrons. The normalized spacial score (nSPS) is 21.4. The number of fused-ring (bicyclic) bond motifs is 1. The van der Waals surface area contributed by atoms with Crippen molar-refractivity contribution >= 4 is 21.5 Å². The number of carbonyl (C=O) groups excluding carboxylic acids is 1. The van der Waals surface area contributed by atoms with Crippen LogP contribution in [0.3, 0.4) is 0 Å². The average Bonchev–Trinajstić information content (AvgIpc) is 2.88. The van der Waals surface area contributed by atoms with Crippen molar-refractivity contribution < 1.29 is 22.7 Å². The predicted octanol–water partition coefficient (Wildman–Crippen LogP) is 3.32. The van der Waals surface area contributed by atoms with Crippen LogP contribution in [0.25, 0.3) is 5.57 Å². The molecule has 0 aromatic heterocycles. The Hall–Kier alpha value is -2.84. The molecule has 0 aliphatic carbocycles. The second-order valence-electron chi connectivity index (χ2n) is 8.62. The van der Waals surface area contributed by atoms with Crippen molar-refractivity contribution in [2.75, 3.05) is 32.8 Å². The number of sulfonamides is 1. The molecule has 1 unspecified atom stereocenters. The molecular weight excluding hydrogens is 440 g/mol. The number of benzene rings is 2. The molecule has 5 rings (SSSR count). The lowest BCUT2D eigenvalue weighted by Gasteiger charge is -2.33. The molecule has 2 aromatic carbocycles. The van der Waals surface area contributed by atoms with Crippen molar-refractivity contribution in [2.45, 2.75) is 36.7 Å². The zero-order valence-corrected chi connectivity index (χ0v) is 19.3. The number of piperidine rings is 1. The van der Waals surface area contributed by atoms with E-state index < -0.39 is 16.1 Å². The standard InChI is InChI=1S/C25H28N2O5S/c28-25(26-13-5-2-6-14-26)24-18-31-23-17-21(9-10-22(23)32-24)33(29,30)27-15-11-20(12-16-27)19-7-3-1-4-8-19/h1,3-4,7-11,17,24H,2,5-6,12-16,18H2. The monoisotopic (exact) mass is 468 g/mol. The number of likely N-dealkylation sites (tertiary alicyclic amines) is 1. The lowest BCUT2D eigenvalue weighted by molar-refractivity contribution is -0.142. The molecule has 1 amide bonds. The van der Waals surface area contributed by atoms with Gasteiger partial charge < -0.3 is 14.4 Å². The summed E-state index contributed by atoms with van der Waals surface area (Å²) in [7, 11) is -3.67. The average molecular weight is 469 g/mol. The number of rotatable bonds is 4. The summed E-state index contributed by atoms with van der Waals surface area (Å²) in [6, 6.07) is 14.6. The van der Waals surface area contributed by atoms with Gasteiger partial charge in [-0.3, -0.25) is 4.79 Å². The number of nitrogens with zero attached hydrogens (tertiary/aromatic N) is 2. The van der Waals surface area contributed by atoms with E-state index in [2.05, 4.69) is 0 Å². The first kappa shape index (κ1) is 22.0. The van der Waals surface area contributed by atoms with Gasteiger partial charge in [0, 0.05) is 32.2 Å². The first-order chi connectivity index (χ1) is 16.0. The first-order valence-electron chi connectivity index (χ1n) is 11.5. The van der Waals surface area contributed by atoms with Crippen LogP contribution in [0.4, 0.5) is 0 Å². The molecule has 0 bridgehead atoms. The number of carbonyl (C=O) groups is 1. The minimum atomic E-state index is -3.67. The fourth-order valence-corrected chi connectivity index (χ4v) is 5.98. The summed E-state index contributed by atoms with van der Waals surface area (Å²) in [5.74, 6) is 0.697. The molecule has 0 saturated carbocycles. The maximum atomic E-state index is 13.2.